The molecule has 154 valence electrons. The van der Waals surface area contributed by atoms with Gasteiger partial charge in [0.1, 0.15) is 5.75 Å². The molecule has 1 N–H and O–H groups in total. The van der Waals surface area contributed by atoms with Crippen LogP contribution < -0.4 is 4.74 Å². The highest BCUT2D eigenvalue weighted by molar-refractivity contribution is 5.77. The van der Waals surface area contributed by atoms with Gasteiger partial charge in [-0.25, -0.2) is 0 Å². The fourth-order valence-corrected chi connectivity index (χ4v) is 4.21. The van der Waals surface area contributed by atoms with Crippen molar-refractivity contribution in [3.8, 4) is 17.1 Å². The van der Waals surface area contributed by atoms with E-state index in [0.717, 1.165) is 30.6 Å². The minimum atomic E-state index is -0.696. The van der Waals surface area contributed by atoms with Gasteiger partial charge in [-0.2, -0.15) is 4.98 Å². The number of carboxylic acid groups (broad SMARTS) is 1. The normalized spacial score (nSPS) is 19.9. The number of rotatable bonds is 7. The lowest BCUT2D eigenvalue weighted by Gasteiger charge is -2.32. The molecule has 0 radical (unpaired) electrons. The Morgan fingerprint density at radius 3 is 2.62 bits per heavy atom. The van der Waals surface area contributed by atoms with E-state index in [1.807, 2.05) is 29.2 Å². The zero-order valence-corrected chi connectivity index (χ0v) is 16.5. The number of likely N-dealkylation sites (tertiary alicyclic amines) is 1. The molecule has 1 unspecified atom stereocenters. The van der Waals surface area contributed by atoms with Gasteiger partial charge in [0, 0.05) is 31.5 Å². The van der Waals surface area contributed by atoms with Crippen LogP contribution in [0.5, 0.6) is 5.75 Å². The minimum Gasteiger partial charge on any atom is -0.497 e. The van der Waals surface area contributed by atoms with E-state index >= 15 is 0 Å². The second-order valence-electron chi connectivity index (χ2n) is 7.93. The molecule has 8 heteroatoms. The van der Waals surface area contributed by atoms with E-state index in [0.29, 0.717) is 44.1 Å². The summed E-state index contributed by atoms with van der Waals surface area (Å²) in [4.78, 5) is 29.9. The molecule has 1 aromatic carbocycles. The van der Waals surface area contributed by atoms with Crippen molar-refractivity contribution in [3.63, 3.8) is 0 Å². The van der Waals surface area contributed by atoms with Crippen LogP contribution in [0, 0.1) is 11.3 Å². The van der Waals surface area contributed by atoms with Crippen LogP contribution >= 0.6 is 0 Å². The fraction of sp³-hybridized carbons (Fsp3) is 0.524. The lowest BCUT2D eigenvalue weighted by atomic mass is 9.90. The minimum absolute atomic E-state index is 0.0514. The second-order valence-corrected chi connectivity index (χ2v) is 7.93. The molecule has 2 fully saturated rings. The van der Waals surface area contributed by atoms with Crippen molar-refractivity contribution in [2.75, 3.05) is 20.2 Å². The van der Waals surface area contributed by atoms with Crippen molar-refractivity contribution in [2.24, 2.45) is 11.3 Å². The Morgan fingerprint density at radius 1 is 1.28 bits per heavy atom. The summed E-state index contributed by atoms with van der Waals surface area (Å²) in [6.07, 6.45) is 3.97. The van der Waals surface area contributed by atoms with Crippen LogP contribution in [0.2, 0.25) is 0 Å². The molecule has 4 rings (SSSR count). The predicted molar refractivity (Wildman–Crippen MR) is 103 cm³/mol. The second kappa shape index (κ2) is 7.85. The third-order valence-corrected chi connectivity index (χ3v) is 6.20. The van der Waals surface area contributed by atoms with Crippen molar-refractivity contribution in [1.82, 2.24) is 15.0 Å². The Kier molecular flexibility index (Phi) is 5.25. The number of hydrogen-bond acceptors (Lipinski definition) is 6. The van der Waals surface area contributed by atoms with Gasteiger partial charge in [-0.1, -0.05) is 5.16 Å². The standard InChI is InChI=1S/C21H25N3O5/c1-28-15-7-5-14(6-8-15)19-22-17(29-23-19)3-2-4-18(25)24-11-9-21(10-12-24)13-16(21)20(26)27/h5-8,16H,2-4,9-13H2,1H3,(H,26,27). The number of carbonyl (C=O) groups is 2. The van der Waals surface area contributed by atoms with Gasteiger partial charge in [0.25, 0.3) is 0 Å². The van der Waals surface area contributed by atoms with Crippen molar-refractivity contribution in [3.05, 3.63) is 30.2 Å². The number of aryl methyl sites for hydroxylation is 1. The molecule has 1 saturated heterocycles. The molecule has 0 bridgehead atoms. The van der Waals surface area contributed by atoms with Gasteiger partial charge in [0.05, 0.1) is 13.0 Å². The molecule has 2 aliphatic rings. The highest BCUT2D eigenvalue weighted by Crippen LogP contribution is 2.59. The zero-order valence-electron chi connectivity index (χ0n) is 16.5. The van der Waals surface area contributed by atoms with Crippen LogP contribution in [0.4, 0.5) is 0 Å². The van der Waals surface area contributed by atoms with E-state index in [-0.39, 0.29) is 17.2 Å². The number of hydrogen-bond donors (Lipinski definition) is 1. The zero-order chi connectivity index (χ0) is 20.4. The molecule has 1 aromatic heterocycles. The van der Waals surface area contributed by atoms with E-state index in [2.05, 4.69) is 10.1 Å². The van der Waals surface area contributed by atoms with Gasteiger partial charge in [-0.15, -0.1) is 0 Å². The number of methoxy groups -OCH3 is 1. The smallest absolute Gasteiger partial charge is 0.307 e. The maximum Gasteiger partial charge on any atom is 0.307 e. The molecule has 1 aliphatic carbocycles. The maximum absolute atomic E-state index is 12.5. The van der Waals surface area contributed by atoms with Crippen LogP contribution in [0.25, 0.3) is 11.4 Å². The average Bonchev–Trinajstić information content (AvgIpc) is 3.23. The van der Waals surface area contributed by atoms with Crippen LogP contribution in [-0.4, -0.2) is 52.2 Å². The third kappa shape index (κ3) is 4.11. The van der Waals surface area contributed by atoms with Crippen LogP contribution in [0.15, 0.2) is 28.8 Å². The summed E-state index contributed by atoms with van der Waals surface area (Å²) in [5, 5.41) is 13.2. The first kappa shape index (κ1) is 19.4. The number of aromatic nitrogens is 2. The van der Waals surface area contributed by atoms with Crippen molar-refractivity contribution < 1.29 is 24.0 Å². The number of ether oxygens (including phenoxy) is 1. The molecular formula is C21H25N3O5. The molecule has 1 spiro atoms. The molecule has 1 amide bonds. The van der Waals surface area contributed by atoms with E-state index in [9.17, 15) is 9.59 Å². The third-order valence-electron chi connectivity index (χ3n) is 6.20. The summed E-state index contributed by atoms with van der Waals surface area (Å²) in [6.45, 7) is 1.32. The summed E-state index contributed by atoms with van der Waals surface area (Å²) in [5.41, 5.74) is 0.795. The number of piperidine rings is 1. The number of carboxylic acids is 1. The van der Waals surface area contributed by atoms with Gasteiger partial charge < -0.3 is 19.3 Å². The Hall–Kier alpha value is -2.90. The van der Waals surface area contributed by atoms with Crippen LogP contribution in [0.3, 0.4) is 0 Å². The van der Waals surface area contributed by atoms with Crippen LogP contribution in [-0.2, 0) is 16.0 Å². The largest absolute Gasteiger partial charge is 0.497 e. The highest BCUT2D eigenvalue weighted by atomic mass is 16.5. The number of carbonyl (C=O) groups excluding carboxylic acids is 1. The lowest BCUT2D eigenvalue weighted by Crippen LogP contribution is -2.39. The molecule has 1 atom stereocenters. The van der Waals surface area contributed by atoms with E-state index in [4.69, 9.17) is 14.4 Å². The molecular weight excluding hydrogens is 374 g/mol. The van der Waals surface area contributed by atoms with Gasteiger partial charge in [-0.05, 0) is 55.4 Å². The Labute approximate surface area is 168 Å². The van der Waals surface area contributed by atoms with E-state index < -0.39 is 5.97 Å². The topological polar surface area (TPSA) is 106 Å². The van der Waals surface area contributed by atoms with E-state index in [1.165, 1.54) is 0 Å². The van der Waals surface area contributed by atoms with Gasteiger partial charge in [0.2, 0.25) is 17.6 Å². The Bertz CT molecular complexity index is 884. The van der Waals surface area contributed by atoms with Gasteiger partial charge in [0.15, 0.2) is 0 Å². The average molecular weight is 399 g/mol. The molecule has 1 aliphatic heterocycles. The number of amides is 1. The summed E-state index contributed by atoms with van der Waals surface area (Å²) in [6, 6.07) is 7.42. The summed E-state index contributed by atoms with van der Waals surface area (Å²) in [7, 11) is 1.61. The summed E-state index contributed by atoms with van der Waals surface area (Å²) < 4.78 is 10.4. The Morgan fingerprint density at radius 2 is 2.00 bits per heavy atom. The molecule has 2 heterocycles. The number of benzene rings is 1. The number of aliphatic carboxylic acids is 1. The fourth-order valence-electron chi connectivity index (χ4n) is 4.21. The van der Waals surface area contributed by atoms with E-state index in [1.54, 1.807) is 7.11 Å². The van der Waals surface area contributed by atoms with Crippen molar-refractivity contribution in [2.45, 2.75) is 38.5 Å². The monoisotopic (exact) mass is 399 g/mol. The SMILES string of the molecule is COc1ccc(-c2noc(CCCC(=O)N3CCC4(CC3)CC4C(=O)O)n2)cc1. The Balaban J connectivity index is 1.22. The van der Waals surface area contributed by atoms with Crippen LogP contribution in [0.1, 0.15) is 38.0 Å². The van der Waals surface area contributed by atoms with Gasteiger partial charge in [-0.3, -0.25) is 9.59 Å². The first-order valence-corrected chi connectivity index (χ1v) is 9.98. The maximum atomic E-state index is 12.5. The highest BCUT2D eigenvalue weighted by Gasteiger charge is 2.59. The number of nitrogens with zero attached hydrogens (tertiary/aromatic N) is 3. The van der Waals surface area contributed by atoms with Gasteiger partial charge >= 0.3 is 5.97 Å². The summed E-state index contributed by atoms with van der Waals surface area (Å²) in [5.74, 6) is 1.01. The molecule has 1 saturated carbocycles. The predicted octanol–water partition coefficient (Wildman–Crippen LogP) is 2.78. The molecule has 29 heavy (non-hydrogen) atoms. The molecule has 8 nitrogen and oxygen atoms in total. The molecule has 2 aromatic rings. The van der Waals surface area contributed by atoms with Crippen molar-refractivity contribution >= 4 is 11.9 Å². The quantitative estimate of drug-likeness (QED) is 0.763. The van der Waals surface area contributed by atoms with Crippen molar-refractivity contribution in [1.29, 1.82) is 0 Å². The first-order chi connectivity index (χ1) is 14.0. The lowest BCUT2D eigenvalue weighted by molar-refractivity contribution is -0.139. The first-order valence-electron chi connectivity index (χ1n) is 9.98. The summed E-state index contributed by atoms with van der Waals surface area (Å²) >= 11 is 0.